The molecule has 0 unspecified atom stereocenters. The predicted molar refractivity (Wildman–Crippen MR) is 71.5 cm³/mol. The zero-order valence-corrected chi connectivity index (χ0v) is 11.1. The summed E-state index contributed by atoms with van der Waals surface area (Å²) in [5, 5.41) is 4.51. The molecule has 2 rings (SSSR count). The Morgan fingerprint density at radius 3 is 2.53 bits per heavy atom. The maximum absolute atomic E-state index is 6.09. The van der Waals surface area contributed by atoms with Crippen molar-refractivity contribution in [2.45, 2.75) is 6.92 Å². The van der Waals surface area contributed by atoms with Crippen LogP contribution in [-0.4, -0.2) is 9.97 Å². The lowest BCUT2D eigenvalue weighted by molar-refractivity contribution is 1.20. The van der Waals surface area contributed by atoms with Crippen molar-refractivity contribution in [3.05, 3.63) is 45.3 Å². The van der Waals surface area contributed by atoms with Crippen molar-refractivity contribution in [1.29, 1.82) is 0 Å². The average molecular weight is 289 g/mol. The quantitative estimate of drug-likeness (QED) is 0.885. The van der Waals surface area contributed by atoms with E-state index < -0.39 is 0 Å². The van der Waals surface area contributed by atoms with Gasteiger partial charge in [0, 0.05) is 5.02 Å². The van der Waals surface area contributed by atoms with Crippen LogP contribution in [0.5, 0.6) is 0 Å². The fourth-order valence-corrected chi connectivity index (χ4v) is 1.86. The molecule has 88 valence electrons. The van der Waals surface area contributed by atoms with Crippen molar-refractivity contribution in [2.24, 2.45) is 0 Å². The van der Waals surface area contributed by atoms with Gasteiger partial charge in [-0.3, -0.25) is 4.98 Å². The van der Waals surface area contributed by atoms with Gasteiger partial charge in [0.05, 0.1) is 23.1 Å². The second kappa shape index (κ2) is 5.08. The summed E-state index contributed by atoms with van der Waals surface area (Å²) in [7, 11) is 0. The van der Waals surface area contributed by atoms with Crippen LogP contribution in [0, 0.1) is 6.92 Å². The van der Waals surface area contributed by atoms with Gasteiger partial charge in [-0.05, 0) is 24.6 Å². The second-order valence-corrected chi connectivity index (χ2v) is 4.63. The first-order valence-corrected chi connectivity index (χ1v) is 5.90. The topological polar surface area (TPSA) is 37.8 Å². The highest BCUT2D eigenvalue weighted by atomic mass is 35.5. The van der Waals surface area contributed by atoms with E-state index in [1.807, 2.05) is 6.92 Å². The van der Waals surface area contributed by atoms with Gasteiger partial charge in [-0.2, -0.15) is 0 Å². The van der Waals surface area contributed by atoms with Gasteiger partial charge in [0.1, 0.15) is 5.15 Å². The molecule has 0 atom stereocenters. The number of benzene rings is 1. The number of aromatic nitrogens is 2. The van der Waals surface area contributed by atoms with E-state index in [1.54, 1.807) is 18.3 Å². The number of nitrogens with zero attached hydrogens (tertiary/aromatic N) is 2. The smallest absolute Gasteiger partial charge is 0.150 e. The first-order chi connectivity index (χ1) is 8.06. The van der Waals surface area contributed by atoms with Gasteiger partial charge in [-0.1, -0.05) is 34.8 Å². The van der Waals surface area contributed by atoms with E-state index in [0.29, 0.717) is 26.7 Å². The van der Waals surface area contributed by atoms with Crippen molar-refractivity contribution < 1.29 is 0 Å². The Kier molecular flexibility index (Phi) is 3.72. The van der Waals surface area contributed by atoms with E-state index >= 15 is 0 Å². The number of anilines is 2. The molecule has 3 nitrogen and oxygen atoms in total. The van der Waals surface area contributed by atoms with E-state index in [-0.39, 0.29) is 0 Å². The summed E-state index contributed by atoms with van der Waals surface area (Å²) in [4.78, 5) is 7.97. The SMILES string of the molecule is Cc1cc(Cl)c(Nc2cncc(Cl)n2)cc1Cl. The highest BCUT2D eigenvalue weighted by Gasteiger charge is 2.06. The number of hydrogen-bond acceptors (Lipinski definition) is 3. The molecule has 0 fully saturated rings. The molecule has 0 radical (unpaired) electrons. The van der Waals surface area contributed by atoms with Crippen molar-refractivity contribution in [3.63, 3.8) is 0 Å². The largest absolute Gasteiger partial charge is 0.338 e. The second-order valence-electron chi connectivity index (χ2n) is 3.43. The molecular weight excluding hydrogens is 281 g/mol. The van der Waals surface area contributed by atoms with E-state index in [0.717, 1.165) is 5.56 Å². The van der Waals surface area contributed by atoms with Gasteiger partial charge >= 0.3 is 0 Å². The summed E-state index contributed by atoms with van der Waals surface area (Å²) in [5.41, 5.74) is 1.58. The summed E-state index contributed by atoms with van der Waals surface area (Å²) in [6.45, 7) is 1.89. The van der Waals surface area contributed by atoms with Gasteiger partial charge in [-0.15, -0.1) is 0 Å². The molecule has 1 aromatic heterocycles. The molecule has 1 aromatic carbocycles. The minimum atomic E-state index is 0.310. The van der Waals surface area contributed by atoms with E-state index in [9.17, 15) is 0 Å². The van der Waals surface area contributed by atoms with Gasteiger partial charge in [0.2, 0.25) is 0 Å². The first-order valence-electron chi connectivity index (χ1n) is 4.76. The summed E-state index contributed by atoms with van der Waals surface area (Å²) in [6, 6.07) is 3.52. The van der Waals surface area contributed by atoms with Gasteiger partial charge in [-0.25, -0.2) is 4.98 Å². The zero-order valence-electron chi connectivity index (χ0n) is 8.84. The summed E-state index contributed by atoms with van der Waals surface area (Å²) in [6.07, 6.45) is 3.01. The molecule has 0 spiro atoms. The molecule has 0 aliphatic rings. The molecule has 0 aliphatic carbocycles. The van der Waals surface area contributed by atoms with Crippen LogP contribution in [-0.2, 0) is 0 Å². The lowest BCUT2D eigenvalue weighted by Crippen LogP contribution is -1.96. The Morgan fingerprint density at radius 2 is 1.82 bits per heavy atom. The molecule has 1 heterocycles. The van der Waals surface area contributed by atoms with Crippen LogP contribution >= 0.6 is 34.8 Å². The Balaban J connectivity index is 2.33. The normalized spacial score (nSPS) is 10.4. The number of rotatable bonds is 2. The fourth-order valence-electron chi connectivity index (χ4n) is 1.28. The number of hydrogen-bond donors (Lipinski definition) is 1. The minimum absolute atomic E-state index is 0.310. The average Bonchev–Trinajstić information content (AvgIpc) is 2.26. The fraction of sp³-hybridized carbons (Fsp3) is 0.0909. The molecule has 0 saturated heterocycles. The van der Waals surface area contributed by atoms with Crippen molar-refractivity contribution >= 4 is 46.3 Å². The van der Waals surface area contributed by atoms with Crippen LogP contribution in [0.1, 0.15) is 5.56 Å². The number of halogens is 3. The third-order valence-corrected chi connectivity index (χ3v) is 3.02. The van der Waals surface area contributed by atoms with Crippen LogP contribution in [0.3, 0.4) is 0 Å². The number of nitrogens with one attached hydrogen (secondary N) is 1. The van der Waals surface area contributed by atoms with Crippen LogP contribution in [0.15, 0.2) is 24.5 Å². The van der Waals surface area contributed by atoms with Crippen molar-refractivity contribution in [1.82, 2.24) is 9.97 Å². The van der Waals surface area contributed by atoms with Crippen LogP contribution in [0.25, 0.3) is 0 Å². The molecule has 0 amide bonds. The van der Waals surface area contributed by atoms with Crippen LogP contribution in [0.2, 0.25) is 15.2 Å². The molecule has 0 bridgehead atoms. The van der Waals surface area contributed by atoms with E-state index in [4.69, 9.17) is 34.8 Å². The van der Waals surface area contributed by atoms with Gasteiger partial charge in [0.25, 0.3) is 0 Å². The predicted octanol–water partition coefficient (Wildman–Crippen LogP) is 4.49. The Morgan fingerprint density at radius 1 is 1.06 bits per heavy atom. The van der Waals surface area contributed by atoms with E-state index in [2.05, 4.69) is 15.3 Å². The first kappa shape index (κ1) is 12.4. The Bertz CT molecular complexity index is 558. The standard InChI is InChI=1S/C11H8Cl3N3/c1-6-2-8(13)9(3-7(6)12)16-11-5-15-4-10(14)17-11/h2-5H,1H3,(H,16,17). The Labute approximate surface area is 114 Å². The third kappa shape index (κ3) is 3.00. The highest BCUT2D eigenvalue weighted by Crippen LogP contribution is 2.30. The Hall–Kier alpha value is -1.03. The highest BCUT2D eigenvalue weighted by molar-refractivity contribution is 6.35. The molecular formula is C11H8Cl3N3. The maximum Gasteiger partial charge on any atom is 0.150 e. The summed E-state index contributed by atoms with van der Waals surface area (Å²) >= 11 is 17.8. The van der Waals surface area contributed by atoms with Crippen molar-refractivity contribution in [2.75, 3.05) is 5.32 Å². The monoisotopic (exact) mass is 287 g/mol. The third-order valence-electron chi connectivity index (χ3n) is 2.12. The van der Waals surface area contributed by atoms with Crippen molar-refractivity contribution in [3.8, 4) is 0 Å². The minimum Gasteiger partial charge on any atom is -0.338 e. The van der Waals surface area contributed by atoms with E-state index in [1.165, 1.54) is 6.20 Å². The van der Waals surface area contributed by atoms with Crippen LogP contribution < -0.4 is 5.32 Å². The lowest BCUT2D eigenvalue weighted by atomic mass is 10.2. The van der Waals surface area contributed by atoms with Gasteiger partial charge in [0.15, 0.2) is 5.82 Å². The van der Waals surface area contributed by atoms with Gasteiger partial charge < -0.3 is 5.32 Å². The lowest BCUT2D eigenvalue weighted by Gasteiger charge is -2.09. The maximum atomic E-state index is 6.09. The molecule has 2 aromatic rings. The van der Waals surface area contributed by atoms with Crippen LogP contribution in [0.4, 0.5) is 11.5 Å². The molecule has 0 saturated carbocycles. The number of aryl methyl sites for hydroxylation is 1. The zero-order chi connectivity index (χ0) is 12.4. The summed E-state index contributed by atoms with van der Waals surface area (Å²) < 4.78 is 0. The summed E-state index contributed by atoms with van der Waals surface area (Å²) in [5.74, 6) is 0.513. The molecule has 17 heavy (non-hydrogen) atoms. The molecule has 0 aliphatic heterocycles. The molecule has 1 N–H and O–H groups in total. The molecule has 6 heteroatoms.